The van der Waals surface area contributed by atoms with Crippen molar-refractivity contribution in [2.75, 3.05) is 0 Å². The molecule has 0 radical (unpaired) electrons. The highest BCUT2D eigenvalue weighted by Crippen LogP contribution is 2.36. The number of halogens is 1. The number of pyridine rings is 2. The molecule has 3 rings (SSSR count). The Balaban J connectivity index is 2.02. The smallest absolute Gasteiger partial charge is 0.134 e. The van der Waals surface area contributed by atoms with Gasteiger partial charge in [-0.25, -0.2) is 0 Å². The SMILES string of the molecule is CC(C)(C)c1ccc(-c2cc(Oc3cccc(Br)c3)c(C(C)(C)C)cn2)nc1. The number of ether oxygens (including phenoxy) is 1. The fourth-order valence-corrected chi connectivity index (χ4v) is 3.25. The maximum atomic E-state index is 6.26. The largest absolute Gasteiger partial charge is 0.457 e. The predicted molar refractivity (Wildman–Crippen MR) is 119 cm³/mol. The summed E-state index contributed by atoms with van der Waals surface area (Å²) < 4.78 is 7.24. The molecule has 0 saturated heterocycles. The Morgan fingerprint density at radius 1 is 0.786 bits per heavy atom. The Hall–Kier alpha value is -2.20. The van der Waals surface area contributed by atoms with Crippen molar-refractivity contribution in [1.29, 1.82) is 0 Å². The Kier molecular flexibility index (Phi) is 5.62. The third kappa shape index (κ3) is 4.79. The Bertz CT molecular complexity index is 967. The van der Waals surface area contributed by atoms with E-state index in [1.165, 1.54) is 5.56 Å². The van der Waals surface area contributed by atoms with Crippen LogP contribution in [0.25, 0.3) is 11.4 Å². The first-order chi connectivity index (χ1) is 13.0. The molecule has 3 nitrogen and oxygen atoms in total. The minimum Gasteiger partial charge on any atom is -0.457 e. The van der Waals surface area contributed by atoms with Crippen LogP contribution in [-0.2, 0) is 10.8 Å². The van der Waals surface area contributed by atoms with Crippen LogP contribution in [0.3, 0.4) is 0 Å². The Morgan fingerprint density at radius 3 is 2.07 bits per heavy atom. The number of nitrogens with zero attached hydrogens (tertiary/aromatic N) is 2. The van der Waals surface area contributed by atoms with E-state index < -0.39 is 0 Å². The molecule has 146 valence electrons. The van der Waals surface area contributed by atoms with Gasteiger partial charge in [0, 0.05) is 28.5 Å². The lowest BCUT2D eigenvalue weighted by Crippen LogP contribution is -2.13. The molecule has 2 heterocycles. The minimum absolute atomic E-state index is 0.0734. The molecule has 0 aliphatic carbocycles. The molecular formula is C24H27BrN2O. The predicted octanol–water partition coefficient (Wildman–Crippen LogP) is 7.29. The van der Waals surface area contributed by atoms with Crippen LogP contribution in [0.2, 0.25) is 0 Å². The van der Waals surface area contributed by atoms with Crippen LogP contribution in [0.5, 0.6) is 11.5 Å². The van der Waals surface area contributed by atoms with Gasteiger partial charge in [-0.15, -0.1) is 0 Å². The lowest BCUT2D eigenvalue weighted by molar-refractivity contribution is 0.454. The Morgan fingerprint density at radius 2 is 1.50 bits per heavy atom. The maximum Gasteiger partial charge on any atom is 0.134 e. The maximum absolute atomic E-state index is 6.26. The summed E-state index contributed by atoms with van der Waals surface area (Å²) in [5.74, 6) is 1.59. The summed E-state index contributed by atoms with van der Waals surface area (Å²) in [6.07, 6.45) is 3.84. The molecular weight excluding hydrogens is 412 g/mol. The third-order valence-electron chi connectivity index (χ3n) is 4.59. The normalized spacial score (nSPS) is 12.1. The van der Waals surface area contributed by atoms with Crippen LogP contribution in [0.15, 0.2) is 59.3 Å². The van der Waals surface area contributed by atoms with Gasteiger partial charge in [-0.2, -0.15) is 0 Å². The van der Waals surface area contributed by atoms with Gasteiger partial charge >= 0.3 is 0 Å². The van der Waals surface area contributed by atoms with E-state index in [-0.39, 0.29) is 10.8 Å². The van der Waals surface area contributed by atoms with Gasteiger partial charge in [-0.1, -0.05) is 69.6 Å². The molecule has 0 aliphatic heterocycles. The number of aromatic nitrogens is 2. The quantitative estimate of drug-likeness (QED) is 0.430. The molecule has 0 saturated carbocycles. The molecule has 1 aromatic carbocycles. The summed E-state index contributed by atoms with van der Waals surface area (Å²) >= 11 is 3.51. The van der Waals surface area contributed by atoms with Crippen molar-refractivity contribution in [2.24, 2.45) is 0 Å². The van der Waals surface area contributed by atoms with E-state index in [1.807, 2.05) is 48.8 Å². The molecule has 3 aromatic rings. The first-order valence-corrected chi connectivity index (χ1v) is 10.2. The van der Waals surface area contributed by atoms with Gasteiger partial charge < -0.3 is 4.74 Å². The molecule has 28 heavy (non-hydrogen) atoms. The van der Waals surface area contributed by atoms with Crippen molar-refractivity contribution in [1.82, 2.24) is 9.97 Å². The van der Waals surface area contributed by atoms with Crippen molar-refractivity contribution < 1.29 is 4.74 Å². The van der Waals surface area contributed by atoms with E-state index in [9.17, 15) is 0 Å². The van der Waals surface area contributed by atoms with Gasteiger partial charge in [0.25, 0.3) is 0 Å². The van der Waals surface area contributed by atoms with Gasteiger partial charge in [-0.05, 0) is 40.7 Å². The van der Waals surface area contributed by atoms with E-state index in [1.54, 1.807) is 0 Å². The topological polar surface area (TPSA) is 35.0 Å². The monoisotopic (exact) mass is 438 g/mol. The summed E-state index contributed by atoms with van der Waals surface area (Å²) in [7, 11) is 0. The molecule has 2 aromatic heterocycles. The number of hydrogen-bond donors (Lipinski definition) is 0. The molecule has 0 fully saturated rings. The Labute approximate surface area is 176 Å². The second kappa shape index (κ2) is 7.67. The number of benzene rings is 1. The standard InChI is InChI=1S/C24H27BrN2O/c1-23(2,3)16-10-11-20(26-14-16)21-13-22(19(15-27-21)24(4,5)6)28-18-9-7-8-17(25)12-18/h7-15H,1-6H3. The van der Waals surface area contributed by atoms with Gasteiger partial charge in [0.05, 0.1) is 11.4 Å². The molecule has 0 atom stereocenters. The van der Waals surface area contributed by atoms with Gasteiger partial charge in [-0.3, -0.25) is 9.97 Å². The van der Waals surface area contributed by atoms with E-state index in [4.69, 9.17) is 4.74 Å². The molecule has 0 unspecified atom stereocenters. The fraction of sp³-hybridized carbons (Fsp3) is 0.333. The molecule has 4 heteroatoms. The molecule has 0 spiro atoms. The third-order valence-corrected chi connectivity index (χ3v) is 5.08. The lowest BCUT2D eigenvalue weighted by Gasteiger charge is -2.23. The summed E-state index contributed by atoms with van der Waals surface area (Å²) in [6.45, 7) is 13.0. The molecule has 0 aliphatic rings. The van der Waals surface area contributed by atoms with E-state index in [0.29, 0.717) is 0 Å². The van der Waals surface area contributed by atoms with Crippen molar-refractivity contribution in [2.45, 2.75) is 52.4 Å². The van der Waals surface area contributed by atoms with Crippen LogP contribution in [0.4, 0.5) is 0 Å². The second-order valence-electron chi connectivity index (χ2n) is 9.06. The zero-order chi connectivity index (χ0) is 20.5. The van der Waals surface area contributed by atoms with E-state index in [0.717, 1.165) is 32.9 Å². The summed E-state index contributed by atoms with van der Waals surface area (Å²) in [6, 6.07) is 14.0. The van der Waals surface area contributed by atoms with Gasteiger partial charge in [0.1, 0.15) is 11.5 Å². The molecule has 0 bridgehead atoms. The first-order valence-electron chi connectivity index (χ1n) is 9.45. The highest BCUT2D eigenvalue weighted by atomic mass is 79.9. The van der Waals surface area contributed by atoms with Gasteiger partial charge in [0.15, 0.2) is 0 Å². The highest BCUT2D eigenvalue weighted by Gasteiger charge is 2.22. The van der Waals surface area contributed by atoms with E-state index >= 15 is 0 Å². The average molecular weight is 439 g/mol. The second-order valence-corrected chi connectivity index (χ2v) is 9.97. The average Bonchev–Trinajstić information content (AvgIpc) is 2.60. The lowest BCUT2D eigenvalue weighted by atomic mass is 9.87. The van der Waals surface area contributed by atoms with Crippen LogP contribution >= 0.6 is 15.9 Å². The number of rotatable bonds is 3. The highest BCUT2D eigenvalue weighted by molar-refractivity contribution is 9.10. The van der Waals surface area contributed by atoms with Crippen LogP contribution < -0.4 is 4.74 Å². The van der Waals surface area contributed by atoms with Crippen LogP contribution in [-0.4, -0.2) is 9.97 Å². The zero-order valence-electron chi connectivity index (χ0n) is 17.4. The van der Waals surface area contributed by atoms with Crippen LogP contribution in [0, 0.1) is 0 Å². The zero-order valence-corrected chi connectivity index (χ0v) is 19.0. The van der Waals surface area contributed by atoms with Crippen LogP contribution in [0.1, 0.15) is 52.7 Å². The first kappa shape index (κ1) is 20.5. The van der Waals surface area contributed by atoms with E-state index in [2.05, 4.69) is 73.5 Å². The fourth-order valence-electron chi connectivity index (χ4n) is 2.87. The summed E-state index contributed by atoms with van der Waals surface area (Å²) in [5, 5.41) is 0. The minimum atomic E-state index is -0.0869. The van der Waals surface area contributed by atoms with Crippen molar-refractivity contribution in [3.63, 3.8) is 0 Å². The van der Waals surface area contributed by atoms with Gasteiger partial charge in [0.2, 0.25) is 0 Å². The molecule has 0 N–H and O–H groups in total. The number of hydrogen-bond acceptors (Lipinski definition) is 3. The van der Waals surface area contributed by atoms with Crippen molar-refractivity contribution in [3.8, 4) is 22.9 Å². The van der Waals surface area contributed by atoms with Crippen molar-refractivity contribution >= 4 is 15.9 Å². The summed E-state index contributed by atoms with van der Waals surface area (Å²) in [5.41, 5.74) is 3.89. The van der Waals surface area contributed by atoms with Crippen molar-refractivity contribution in [3.05, 3.63) is 70.5 Å². The summed E-state index contributed by atoms with van der Waals surface area (Å²) in [4.78, 5) is 9.32. The molecule has 0 amide bonds.